The summed E-state index contributed by atoms with van der Waals surface area (Å²) in [7, 11) is 4.24. The third kappa shape index (κ3) is 7.08. The predicted octanol–water partition coefficient (Wildman–Crippen LogP) is 2.55. The van der Waals surface area contributed by atoms with E-state index in [4.69, 9.17) is 4.42 Å². The lowest BCUT2D eigenvalue weighted by Crippen LogP contribution is -2.26. The van der Waals surface area contributed by atoms with Crippen LogP contribution in [0.4, 0.5) is 0 Å². The van der Waals surface area contributed by atoms with Gasteiger partial charge in [-0.05, 0) is 52.3 Å². The number of nitrogens with one attached hydrogen (secondary N) is 1. The Hall–Kier alpha value is -0.840. The van der Waals surface area contributed by atoms with Gasteiger partial charge in [-0.15, -0.1) is 0 Å². The number of furan rings is 1. The second-order valence-corrected chi connectivity index (χ2v) is 5.93. The highest BCUT2D eigenvalue weighted by Gasteiger charge is 2.08. The van der Waals surface area contributed by atoms with Gasteiger partial charge in [0, 0.05) is 6.04 Å². The van der Waals surface area contributed by atoms with Crippen LogP contribution in [0, 0.1) is 0 Å². The highest BCUT2D eigenvalue weighted by Crippen LogP contribution is 2.11. The number of nitrogens with zero attached hydrogens (tertiary/aromatic N) is 2. The molecule has 0 aliphatic carbocycles. The van der Waals surface area contributed by atoms with Crippen LogP contribution in [0.3, 0.4) is 0 Å². The summed E-state index contributed by atoms with van der Waals surface area (Å²) in [6.45, 7) is 11.5. The molecule has 4 nitrogen and oxygen atoms in total. The van der Waals surface area contributed by atoms with Gasteiger partial charge in [-0.3, -0.25) is 4.90 Å². The van der Waals surface area contributed by atoms with Gasteiger partial charge in [0.05, 0.1) is 13.1 Å². The lowest BCUT2D eigenvalue weighted by Gasteiger charge is -2.20. The van der Waals surface area contributed by atoms with Crippen LogP contribution in [0.25, 0.3) is 0 Å². The smallest absolute Gasteiger partial charge is 0.118 e. The SMILES string of the molecule is CCN(CCCN(C)C)Cc1ccc(CNC(C)C)o1. The molecule has 20 heavy (non-hydrogen) atoms. The molecule has 1 aromatic heterocycles. The summed E-state index contributed by atoms with van der Waals surface area (Å²) in [5.74, 6) is 2.09. The summed E-state index contributed by atoms with van der Waals surface area (Å²) >= 11 is 0. The fourth-order valence-electron chi connectivity index (χ4n) is 2.09. The molecule has 1 aromatic rings. The molecular weight excluding hydrogens is 250 g/mol. The lowest BCUT2D eigenvalue weighted by atomic mass is 10.3. The van der Waals surface area contributed by atoms with Crippen LogP contribution in [-0.4, -0.2) is 49.6 Å². The quantitative estimate of drug-likeness (QED) is 0.714. The molecule has 1 heterocycles. The Morgan fingerprint density at radius 1 is 1.15 bits per heavy atom. The molecule has 0 amide bonds. The Kier molecular flexibility index (Phi) is 7.88. The first-order valence-electron chi connectivity index (χ1n) is 7.69. The van der Waals surface area contributed by atoms with Crippen molar-refractivity contribution in [1.82, 2.24) is 15.1 Å². The molecule has 0 aliphatic heterocycles. The summed E-state index contributed by atoms with van der Waals surface area (Å²) in [4.78, 5) is 4.67. The van der Waals surface area contributed by atoms with E-state index in [-0.39, 0.29) is 0 Å². The zero-order valence-electron chi connectivity index (χ0n) is 13.8. The summed E-state index contributed by atoms with van der Waals surface area (Å²) in [5, 5.41) is 3.38. The minimum atomic E-state index is 0.488. The highest BCUT2D eigenvalue weighted by atomic mass is 16.3. The van der Waals surface area contributed by atoms with Crippen molar-refractivity contribution in [2.75, 3.05) is 33.7 Å². The zero-order chi connectivity index (χ0) is 15.0. The van der Waals surface area contributed by atoms with Gasteiger partial charge in [0.2, 0.25) is 0 Å². The van der Waals surface area contributed by atoms with Gasteiger partial charge in [0.1, 0.15) is 11.5 Å². The Morgan fingerprint density at radius 2 is 1.85 bits per heavy atom. The maximum Gasteiger partial charge on any atom is 0.118 e. The van der Waals surface area contributed by atoms with Crippen molar-refractivity contribution in [3.63, 3.8) is 0 Å². The monoisotopic (exact) mass is 281 g/mol. The Balaban J connectivity index is 2.37. The second-order valence-electron chi connectivity index (χ2n) is 5.93. The molecule has 1 N–H and O–H groups in total. The molecule has 116 valence electrons. The first-order chi connectivity index (χ1) is 9.51. The summed E-state index contributed by atoms with van der Waals surface area (Å²) < 4.78 is 5.88. The topological polar surface area (TPSA) is 31.6 Å². The maximum atomic E-state index is 5.88. The molecule has 0 aromatic carbocycles. The van der Waals surface area contributed by atoms with Crippen LogP contribution in [0.15, 0.2) is 16.5 Å². The van der Waals surface area contributed by atoms with E-state index in [1.54, 1.807) is 0 Å². The molecule has 4 heteroatoms. The van der Waals surface area contributed by atoms with E-state index in [0.717, 1.165) is 44.2 Å². The van der Waals surface area contributed by atoms with Crippen molar-refractivity contribution in [1.29, 1.82) is 0 Å². The van der Waals surface area contributed by atoms with Crippen molar-refractivity contribution >= 4 is 0 Å². The van der Waals surface area contributed by atoms with E-state index in [1.807, 2.05) is 0 Å². The van der Waals surface area contributed by atoms with Crippen LogP contribution in [-0.2, 0) is 13.1 Å². The highest BCUT2D eigenvalue weighted by molar-refractivity contribution is 5.07. The van der Waals surface area contributed by atoms with Gasteiger partial charge in [-0.25, -0.2) is 0 Å². The molecule has 0 radical (unpaired) electrons. The van der Waals surface area contributed by atoms with Gasteiger partial charge in [0.25, 0.3) is 0 Å². The summed E-state index contributed by atoms with van der Waals surface area (Å²) in [6.07, 6.45) is 1.20. The first-order valence-corrected chi connectivity index (χ1v) is 7.69. The third-order valence-corrected chi connectivity index (χ3v) is 3.31. The molecule has 0 aliphatic rings. The molecule has 0 atom stereocenters. The second kappa shape index (κ2) is 9.16. The Bertz CT molecular complexity index is 360. The van der Waals surface area contributed by atoms with Crippen LogP contribution in [0.5, 0.6) is 0 Å². The van der Waals surface area contributed by atoms with Gasteiger partial charge in [-0.2, -0.15) is 0 Å². The molecule has 0 spiro atoms. The van der Waals surface area contributed by atoms with E-state index in [0.29, 0.717) is 6.04 Å². The van der Waals surface area contributed by atoms with Gasteiger partial charge >= 0.3 is 0 Å². The third-order valence-electron chi connectivity index (χ3n) is 3.31. The molecule has 0 unspecified atom stereocenters. The van der Waals surface area contributed by atoms with Crippen LogP contribution >= 0.6 is 0 Å². The molecule has 0 bridgehead atoms. The standard InChI is InChI=1S/C16H31N3O/c1-6-19(11-7-10-18(4)5)13-16-9-8-15(20-16)12-17-14(2)3/h8-9,14,17H,6-7,10-13H2,1-5H3. The van der Waals surface area contributed by atoms with Crippen molar-refractivity contribution in [3.8, 4) is 0 Å². The number of hydrogen-bond donors (Lipinski definition) is 1. The maximum absolute atomic E-state index is 5.88. The van der Waals surface area contributed by atoms with Gasteiger partial charge < -0.3 is 14.6 Å². The largest absolute Gasteiger partial charge is 0.463 e. The normalized spacial score (nSPS) is 12.0. The van der Waals surface area contributed by atoms with Gasteiger partial charge in [0.15, 0.2) is 0 Å². The molecule has 0 saturated heterocycles. The molecule has 0 fully saturated rings. The average Bonchev–Trinajstić information content (AvgIpc) is 2.82. The predicted molar refractivity (Wildman–Crippen MR) is 84.8 cm³/mol. The van der Waals surface area contributed by atoms with Crippen LogP contribution < -0.4 is 5.32 Å². The minimum absolute atomic E-state index is 0.488. The van der Waals surface area contributed by atoms with E-state index in [2.05, 4.69) is 62.1 Å². The van der Waals surface area contributed by atoms with Crippen molar-refractivity contribution < 1.29 is 4.42 Å². The van der Waals surface area contributed by atoms with Crippen molar-refractivity contribution in [2.45, 2.75) is 46.3 Å². The van der Waals surface area contributed by atoms with E-state index < -0.39 is 0 Å². The number of hydrogen-bond acceptors (Lipinski definition) is 4. The fraction of sp³-hybridized carbons (Fsp3) is 0.750. The van der Waals surface area contributed by atoms with Gasteiger partial charge in [-0.1, -0.05) is 20.8 Å². The van der Waals surface area contributed by atoms with E-state index >= 15 is 0 Å². The van der Waals surface area contributed by atoms with Crippen LogP contribution in [0.1, 0.15) is 38.7 Å². The molecule has 1 rings (SSSR count). The summed E-state index contributed by atoms with van der Waals surface area (Å²) in [5.41, 5.74) is 0. The summed E-state index contributed by atoms with van der Waals surface area (Å²) in [6, 6.07) is 4.67. The van der Waals surface area contributed by atoms with E-state index in [9.17, 15) is 0 Å². The number of rotatable bonds is 10. The first kappa shape index (κ1) is 17.2. The zero-order valence-corrected chi connectivity index (χ0v) is 13.8. The van der Waals surface area contributed by atoms with Crippen LogP contribution in [0.2, 0.25) is 0 Å². The minimum Gasteiger partial charge on any atom is -0.463 e. The Labute approximate surface area is 124 Å². The van der Waals surface area contributed by atoms with E-state index in [1.165, 1.54) is 6.42 Å². The molecule has 0 saturated carbocycles. The fourth-order valence-corrected chi connectivity index (χ4v) is 2.09. The molecular formula is C16H31N3O. The Morgan fingerprint density at radius 3 is 2.45 bits per heavy atom. The van der Waals surface area contributed by atoms with Crippen molar-refractivity contribution in [2.24, 2.45) is 0 Å². The van der Waals surface area contributed by atoms with Crippen molar-refractivity contribution in [3.05, 3.63) is 23.7 Å². The lowest BCUT2D eigenvalue weighted by molar-refractivity contribution is 0.237. The average molecular weight is 281 g/mol.